The van der Waals surface area contributed by atoms with Crippen molar-refractivity contribution in [3.63, 3.8) is 0 Å². The summed E-state index contributed by atoms with van der Waals surface area (Å²) in [6.45, 7) is 2.33. The van der Waals surface area contributed by atoms with Crippen molar-refractivity contribution in [2.24, 2.45) is 0 Å². The lowest BCUT2D eigenvalue weighted by Crippen LogP contribution is -2.49. The van der Waals surface area contributed by atoms with Crippen LogP contribution in [0.3, 0.4) is 0 Å². The van der Waals surface area contributed by atoms with Crippen LogP contribution in [0.15, 0.2) is 12.2 Å². The van der Waals surface area contributed by atoms with Gasteiger partial charge in [-0.1, -0.05) is 19.1 Å². The molecule has 0 saturated heterocycles. The number of allylic oxidation sites excluding steroid dienone is 1. The number of quaternary nitrogens is 1. The van der Waals surface area contributed by atoms with Crippen LogP contribution in [-0.2, 0) is 4.79 Å². The molecule has 4 heteroatoms. The van der Waals surface area contributed by atoms with Gasteiger partial charge in [0.1, 0.15) is 12.1 Å². The van der Waals surface area contributed by atoms with Crippen molar-refractivity contribution in [3.8, 4) is 0 Å². The number of hydrogen-bond acceptors (Lipinski definition) is 2. The molecular formula is C11H22NO3+. The van der Waals surface area contributed by atoms with E-state index in [1.807, 2.05) is 28.1 Å². The van der Waals surface area contributed by atoms with E-state index in [0.717, 1.165) is 6.42 Å². The number of carboxylic acids is 1. The Kier molecular flexibility index (Phi) is 4.97. The van der Waals surface area contributed by atoms with Gasteiger partial charge >= 0.3 is 5.97 Å². The molecule has 1 unspecified atom stereocenters. The Labute approximate surface area is 91.4 Å². The standard InChI is InChI=1S/C11H21NO3/c1-5-6-7-11(15,8-10(13)14)9-12(2,3)4/h6-7,15H,5,8-9H2,1-4H3/p+1. The second kappa shape index (κ2) is 5.28. The summed E-state index contributed by atoms with van der Waals surface area (Å²) in [4.78, 5) is 10.7. The lowest BCUT2D eigenvalue weighted by atomic mass is 9.97. The van der Waals surface area contributed by atoms with Crippen LogP contribution in [0, 0.1) is 0 Å². The number of rotatable bonds is 6. The maximum atomic E-state index is 10.7. The van der Waals surface area contributed by atoms with Crippen molar-refractivity contribution < 1.29 is 19.5 Å². The molecule has 2 N–H and O–H groups in total. The highest BCUT2D eigenvalue weighted by atomic mass is 16.4. The van der Waals surface area contributed by atoms with Crippen molar-refractivity contribution in [2.75, 3.05) is 27.7 Å². The zero-order chi connectivity index (χ0) is 12.1. The van der Waals surface area contributed by atoms with E-state index in [1.165, 1.54) is 0 Å². The SMILES string of the molecule is CCC=CC(O)(CC(=O)O)C[N+](C)(C)C. The van der Waals surface area contributed by atoms with Crippen LogP contribution in [0.4, 0.5) is 0 Å². The number of carboxylic acid groups (broad SMARTS) is 1. The normalized spacial score (nSPS) is 16.6. The minimum Gasteiger partial charge on any atom is -0.481 e. The predicted molar refractivity (Wildman–Crippen MR) is 59.5 cm³/mol. The van der Waals surface area contributed by atoms with E-state index in [4.69, 9.17) is 5.11 Å². The van der Waals surface area contributed by atoms with Gasteiger partial charge in [0.25, 0.3) is 0 Å². The monoisotopic (exact) mass is 216 g/mol. The van der Waals surface area contributed by atoms with Gasteiger partial charge in [-0.2, -0.15) is 0 Å². The molecule has 0 saturated carbocycles. The summed E-state index contributed by atoms with van der Waals surface area (Å²) in [5.41, 5.74) is -1.25. The molecule has 0 radical (unpaired) electrons. The van der Waals surface area contributed by atoms with E-state index in [0.29, 0.717) is 11.0 Å². The van der Waals surface area contributed by atoms with Crippen LogP contribution in [0.2, 0.25) is 0 Å². The first-order valence-electron chi connectivity index (χ1n) is 5.11. The number of aliphatic hydroxyl groups is 1. The van der Waals surface area contributed by atoms with Gasteiger partial charge in [0.15, 0.2) is 0 Å². The third kappa shape index (κ3) is 7.11. The Morgan fingerprint density at radius 1 is 1.40 bits per heavy atom. The highest BCUT2D eigenvalue weighted by Crippen LogP contribution is 2.16. The summed E-state index contributed by atoms with van der Waals surface area (Å²) in [5, 5.41) is 18.9. The number of nitrogens with zero attached hydrogens (tertiary/aromatic N) is 1. The van der Waals surface area contributed by atoms with Crippen molar-refractivity contribution in [1.29, 1.82) is 0 Å². The summed E-state index contributed by atoms with van der Waals surface area (Å²) in [6, 6.07) is 0. The quantitative estimate of drug-likeness (QED) is 0.511. The molecule has 0 aromatic rings. The highest BCUT2D eigenvalue weighted by Gasteiger charge is 2.33. The Morgan fingerprint density at radius 2 is 1.93 bits per heavy atom. The van der Waals surface area contributed by atoms with E-state index in [9.17, 15) is 9.90 Å². The Morgan fingerprint density at radius 3 is 2.27 bits per heavy atom. The Balaban J connectivity index is 4.69. The van der Waals surface area contributed by atoms with E-state index >= 15 is 0 Å². The Hall–Kier alpha value is -0.870. The first-order chi connectivity index (χ1) is 6.68. The number of likely N-dealkylation sites (N-methyl/N-ethyl adjacent to an activating group) is 1. The van der Waals surface area contributed by atoms with Gasteiger partial charge in [0, 0.05) is 0 Å². The van der Waals surface area contributed by atoms with Crippen LogP contribution in [0.5, 0.6) is 0 Å². The molecule has 4 nitrogen and oxygen atoms in total. The molecule has 0 heterocycles. The fourth-order valence-corrected chi connectivity index (χ4v) is 1.59. The molecular weight excluding hydrogens is 194 g/mol. The van der Waals surface area contributed by atoms with E-state index in [2.05, 4.69) is 0 Å². The molecule has 0 spiro atoms. The largest absolute Gasteiger partial charge is 0.481 e. The van der Waals surface area contributed by atoms with Crippen LogP contribution >= 0.6 is 0 Å². The van der Waals surface area contributed by atoms with Gasteiger partial charge in [-0.15, -0.1) is 0 Å². The average molecular weight is 216 g/mol. The molecule has 88 valence electrons. The molecule has 0 aromatic carbocycles. The van der Waals surface area contributed by atoms with E-state index in [1.54, 1.807) is 12.2 Å². The summed E-state index contributed by atoms with van der Waals surface area (Å²) in [6.07, 6.45) is 3.95. The van der Waals surface area contributed by atoms with Crippen LogP contribution in [0.25, 0.3) is 0 Å². The van der Waals surface area contributed by atoms with Crippen molar-refractivity contribution in [1.82, 2.24) is 0 Å². The van der Waals surface area contributed by atoms with Gasteiger partial charge in [-0.25, -0.2) is 0 Å². The molecule has 0 bridgehead atoms. The van der Waals surface area contributed by atoms with Crippen molar-refractivity contribution >= 4 is 5.97 Å². The summed E-state index contributed by atoms with van der Waals surface area (Å²) >= 11 is 0. The maximum absolute atomic E-state index is 10.7. The number of hydrogen-bond donors (Lipinski definition) is 2. The van der Waals surface area contributed by atoms with Gasteiger partial charge in [0.05, 0.1) is 27.6 Å². The smallest absolute Gasteiger partial charge is 0.306 e. The number of aliphatic carboxylic acids is 1. The third-order valence-electron chi connectivity index (χ3n) is 1.87. The fraction of sp³-hybridized carbons (Fsp3) is 0.727. The zero-order valence-corrected chi connectivity index (χ0v) is 10.0. The topological polar surface area (TPSA) is 57.5 Å². The van der Waals surface area contributed by atoms with Crippen LogP contribution in [0.1, 0.15) is 19.8 Å². The molecule has 0 amide bonds. The van der Waals surface area contributed by atoms with Gasteiger partial charge in [0.2, 0.25) is 0 Å². The molecule has 0 aliphatic heterocycles. The first kappa shape index (κ1) is 14.1. The van der Waals surface area contributed by atoms with E-state index < -0.39 is 11.6 Å². The van der Waals surface area contributed by atoms with Crippen LogP contribution in [-0.4, -0.2) is 54.0 Å². The molecule has 0 aromatic heterocycles. The average Bonchev–Trinajstić information content (AvgIpc) is 1.95. The van der Waals surface area contributed by atoms with Crippen molar-refractivity contribution in [2.45, 2.75) is 25.4 Å². The second-order valence-corrected chi connectivity index (χ2v) is 4.93. The fourth-order valence-electron chi connectivity index (χ4n) is 1.59. The van der Waals surface area contributed by atoms with Crippen LogP contribution < -0.4 is 0 Å². The second-order valence-electron chi connectivity index (χ2n) is 4.93. The van der Waals surface area contributed by atoms with Gasteiger partial charge in [-0.3, -0.25) is 4.79 Å². The summed E-state index contributed by atoms with van der Waals surface area (Å²) in [5.74, 6) is -0.980. The van der Waals surface area contributed by atoms with Crippen molar-refractivity contribution in [3.05, 3.63) is 12.2 Å². The maximum Gasteiger partial charge on any atom is 0.306 e. The lowest BCUT2D eigenvalue weighted by Gasteiger charge is -2.32. The van der Waals surface area contributed by atoms with Gasteiger partial charge in [-0.05, 0) is 6.42 Å². The highest BCUT2D eigenvalue weighted by molar-refractivity contribution is 5.68. The van der Waals surface area contributed by atoms with Gasteiger partial charge < -0.3 is 14.7 Å². The Bertz CT molecular complexity index is 243. The molecule has 15 heavy (non-hydrogen) atoms. The third-order valence-corrected chi connectivity index (χ3v) is 1.87. The molecule has 0 rings (SSSR count). The summed E-state index contributed by atoms with van der Waals surface area (Å²) in [7, 11) is 5.77. The summed E-state index contributed by atoms with van der Waals surface area (Å²) < 4.78 is 0.526. The molecule has 1 atom stereocenters. The minimum atomic E-state index is -1.25. The lowest BCUT2D eigenvalue weighted by molar-refractivity contribution is -0.876. The predicted octanol–water partition coefficient (Wildman–Crippen LogP) is 0.865. The minimum absolute atomic E-state index is 0.251. The molecule has 0 fully saturated rings. The first-order valence-corrected chi connectivity index (χ1v) is 5.11. The zero-order valence-electron chi connectivity index (χ0n) is 10.0. The number of carbonyl (C=O) groups is 1. The molecule has 0 aliphatic rings. The van der Waals surface area contributed by atoms with E-state index in [-0.39, 0.29) is 6.42 Å². The molecule has 0 aliphatic carbocycles.